The van der Waals surface area contributed by atoms with E-state index in [2.05, 4.69) is 46.9 Å². The monoisotopic (exact) mass is 319 g/mol. The van der Waals surface area contributed by atoms with Gasteiger partial charge in [0.1, 0.15) is 5.75 Å². The molecule has 4 nitrogen and oxygen atoms in total. The van der Waals surface area contributed by atoms with Crippen molar-refractivity contribution in [1.29, 1.82) is 0 Å². The molecule has 0 saturated carbocycles. The van der Waals surface area contributed by atoms with Gasteiger partial charge in [-0.15, -0.1) is 0 Å². The molecule has 0 bridgehead atoms. The number of carbonyl (C=O) groups is 1. The molecule has 0 aliphatic carbocycles. The number of carbonyl (C=O) groups excluding carboxylic acids is 1. The molecule has 0 spiro atoms. The fourth-order valence-electron chi connectivity index (χ4n) is 2.75. The third kappa shape index (κ3) is 3.86. The van der Waals surface area contributed by atoms with E-state index >= 15 is 0 Å². The second-order valence-corrected chi connectivity index (χ2v) is 8.31. The highest BCUT2D eigenvalue weighted by Crippen LogP contribution is 2.38. The van der Waals surface area contributed by atoms with Crippen LogP contribution in [0.25, 0.3) is 0 Å². The molecule has 4 heteroatoms. The van der Waals surface area contributed by atoms with Gasteiger partial charge in [-0.25, -0.2) is 0 Å². The number of ether oxygens (including phenoxy) is 2. The molecule has 1 heterocycles. The predicted molar refractivity (Wildman–Crippen MR) is 92.5 cm³/mol. The Balaban J connectivity index is 2.51. The van der Waals surface area contributed by atoms with Crippen LogP contribution in [0, 0.1) is 0 Å². The van der Waals surface area contributed by atoms with Crippen molar-refractivity contribution >= 4 is 5.91 Å². The Morgan fingerprint density at radius 1 is 1.09 bits per heavy atom. The van der Waals surface area contributed by atoms with Crippen molar-refractivity contribution in [1.82, 2.24) is 5.32 Å². The molecule has 1 aromatic carbocycles. The Labute approximate surface area is 139 Å². The molecule has 23 heavy (non-hydrogen) atoms. The van der Waals surface area contributed by atoms with Crippen LogP contribution in [-0.4, -0.2) is 32.3 Å². The van der Waals surface area contributed by atoms with E-state index in [1.54, 1.807) is 7.11 Å². The molecule has 1 aliphatic rings. The molecule has 0 unspecified atom stereocenters. The zero-order valence-corrected chi connectivity index (χ0v) is 15.4. The Hall–Kier alpha value is -1.55. The first kappa shape index (κ1) is 17.8. The van der Waals surface area contributed by atoms with E-state index in [9.17, 15) is 4.79 Å². The molecule has 0 radical (unpaired) electrons. The van der Waals surface area contributed by atoms with Gasteiger partial charge in [-0.2, -0.15) is 0 Å². The molecule has 1 aliphatic heterocycles. The van der Waals surface area contributed by atoms with Crippen LogP contribution < -0.4 is 10.1 Å². The summed E-state index contributed by atoms with van der Waals surface area (Å²) >= 11 is 0. The molecular formula is C19H29NO3. The summed E-state index contributed by atoms with van der Waals surface area (Å²) < 4.78 is 10.6. The largest absolute Gasteiger partial charge is 0.496 e. The second kappa shape index (κ2) is 6.16. The fourth-order valence-corrected chi connectivity index (χ4v) is 2.75. The zero-order valence-electron chi connectivity index (χ0n) is 15.4. The van der Waals surface area contributed by atoms with Crippen molar-refractivity contribution in [3.63, 3.8) is 0 Å². The van der Waals surface area contributed by atoms with Crippen LogP contribution in [0.3, 0.4) is 0 Å². The Kier molecular flexibility index (Phi) is 4.76. The molecule has 1 N–H and O–H groups in total. The van der Waals surface area contributed by atoms with Crippen molar-refractivity contribution in [3.05, 3.63) is 28.8 Å². The number of hydrogen-bond donors (Lipinski definition) is 1. The smallest absolute Gasteiger partial charge is 0.255 e. The van der Waals surface area contributed by atoms with Crippen LogP contribution in [-0.2, 0) is 15.6 Å². The van der Waals surface area contributed by atoms with Gasteiger partial charge in [-0.1, -0.05) is 41.5 Å². The van der Waals surface area contributed by atoms with Gasteiger partial charge < -0.3 is 14.8 Å². The van der Waals surface area contributed by atoms with Gasteiger partial charge >= 0.3 is 0 Å². The highest BCUT2D eigenvalue weighted by Gasteiger charge is 2.29. The number of nitrogens with one attached hydrogen (secondary N) is 1. The maximum absolute atomic E-state index is 12.6. The van der Waals surface area contributed by atoms with E-state index in [0.717, 1.165) is 0 Å². The minimum Gasteiger partial charge on any atom is -0.496 e. The summed E-state index contributed by atoms with van der Waals surface area (Å²) in [5.41, 5.74) is 2.92. The first-order valence-electron chi connectivity index (χ1n) is 8.15. The lowest BCUT2D eigenvalue weighted by atomic mass is 9.74. The van der Waals surface area contributed by atoms with Gasteiger partial charge in [0.2, 0.25) is 0 Å². The first-order chi connectivity index (χ1) is 10.5. The topological polar surface area (TPSA) is 47.6 Å². The van der Waals surface area contributed by atoms with Crippen molar-refractivity contribution in [2.45, 2.75) is 58.4 Å². The van der Waals surface area contributed by atoms with Crippen LogP contribution in [0.5, 0.6) is 5.75 Å². The number of amides is 1. The average Bonchev–Trinajstić information content (AvgIpc) is 2.39. The van der Waals surface area contributed by atoms with Crippen molar-refractivity contribution in [2.75, 3.05) is 20.3 Å². The Morgan fingerprint density at radius 3 is 2.00 bits per heavy atom. The summed E-state index contributed by atoms with van der Waals surface area (Å²) in [5.74, 6) is 0.529. The standard InChI is InChI=1S/C19H29NO3/c1-18(2,3)14-8-13(17(21)20-12-10-23-11-12)16(22-7)9-15(14)19(4,5)6/h8-9,12H,10-11H2,1-7H3,(H,20,21). The normalized spacial score (nSPS) is 16.0. The van der Waals surface area contributed by atoms with E-state index in [0.29, 0.717) is 24.5 Å². The van der Waals surface area contributed by atoms with Crippen LogP contribution in [0.2, 0.25) is 0 Å². The number of rotatable bonds is 3. The summed E-state index contributed by atoms with van der Waals surface area (Å²) in [6, 6.07) is 4.12. The van der Waals surface area contributed by atoms with E-state index in [4.69, 9.17) is 9.47 Å². The van der Waals surface area contributed by atoms with Gasteiger partial charge in [0.05, 0.1) is 31.9 Å². The summed E-state index contributed by atoms with van der Waals surface area (Å²) in [4.78, 5) is 12.6. The molecule has 128 valence electrons. The summed E-state index contributed by atoms with van der Waals surface area (Å²) in [6.45, 7) is 14.2. The number of hydrogen-bond acceptors (Lipinski definition) is 3. The molecule has 0 aromatic heterocycles. The SMILES string of the molecule is COc1cc(C(C)(C)C)c(C(C)(C)C)cc1C(=O)NC1COC1. The van der Waals surface area contributed by atoms with E-state index in [1.807, 2.05) is 12.1 Å². The molecule has 1 amide bonds. The minimum absolute atomic E-state index is 0.0211. The Morgan fingerprint density at radius 2 is 1.61 bits per heavy atom. The lowest BCUT2D eigenvalue weighted by Crippen LogP contribution is -2.48. The molecule has 0 atom stereocenters. The minimum atomic E-state index is -0.0962. The highest BCUT2D eigenvalue weighted by molar-refractivity contribution is 5.97. The predicted octanol–water partition coefficient (Wildman–Crippen LogP) is 3.42. The van der Waals surface area contributed by atoms with E-state index in [1.165, 1.54) is 11.1 Å². The van der Waals surface area contributed by atoms with Crippen LogP contribution in [0.1, 0.15) is 63.0 Å². The lowest BCUT2D eigenvalue weighted by molar-refractivity contribution is -0.00350. The third-order valence-electron chi connectivity index (χ3n) is 4.17. The third-order valence-corrected chi connectivity index (χ3v) is 4.17. The van der Waals surface area contributed by atoms with E-state index < -0.39 is 0 Å². The molecular weight excluding hydrogens is 290 g/mol. The maximum Gasteiger partial charge on any atom is 0.255 e. The maximum atomic E-state index is 12.6. The molecule has 1 saturated heterocycles. The number of methoxy groups -OCH3 is 1. The fraction of sp³-hybridized carbons (Fsp3) is 0.632. The summed E-state index contributed by atoms with van der Waals surface area (Å²) in [5, 5.41) is 3.00. The van der Waals surface area contributed by atoms with Gasteiger partial charge in [0.25, 0.3) is 5.91 Å². The van der Waals surface area contributed by atoms with Gasteiger partial charge in [-0.3, -0.25) is 4.79 Å². The Bertz CT molecular complexity index is 590. The highest BCUT2D eigenvalue weighted by atomic mass is 16.5. The summed E-state index contributed by atoms with van der Waals surface area (Å²) in [6.07, 6.45) is 0. The molecule has 1 aromatic rings. The van der Waals surface area contributed by atoms with Gasteiger partial charge in [0, 0.05) is 0 Å². The van der Waals surface area contributed by atoms with Crippen LogP contribution in [0.4, 0.5) is 0 Å². The van der Waals surface area contributed by atoms with Gasteiger partial charge in [0.15, 0.2) is 0 Å². The molecule has 2 rings (SSSR count). The van der Waals surface area contributed by atoms with Crippen LogP contribution >= 0.6 is 0 Å². The van der Waals surface area contributed by atoms with Crippen LogP contribution in [0.15, 0.2) is 12.1 Å². The van der Waals surface area contributed by atoms with Crippen molar-refractivity contribution in [3.8, 4) is 5.75 Å². The second-order valence-electron chi connectivity index (χ2n) is 8.31. The zero-order chi connectivity index (χ0) is 17.4. The van der Waals surface area contributed by atoms with Crippen molar-refractivity contribution < 1.29 is 14.3 Å². The lowest BCUT2D eigenvalue weighted by Gasteiger charge is -2.32. The first-order valence-corrected chi connectivity index (χ1v) is 8.15. The van der Waals surface area contributed by atoms with E-state index in [-0.39, 0.29) is 22.8 Å². The quantitative estimate of drug-likeness (QED) is 0.928. The molecule has 1 fully saturated rings. The van der Waals surface area contributed by atoms with Crippen molar-refractivity contribution in [2.24, 2.45) is 0 Å². The van der Waals surface area contributed by atoms with Gasteiger partial charge in [-0.05, 0) is 34.1 Å². The number of benzene rings is 1. The summed E-state index contributed by atoms with van der Waals surface area (Å²) in [7, 11) is 1.61. The average molecular weight is 319 g/mol.